The van der Waals surface area contributed by atoms with E-state index in [2.05, 4.69) is 30.1 Å². The summed E-state index contributed by atoms with van der Waals surface area (Å²) in [4.78, 5) is 33.3. The Hall–Kier alpha value is -3.62. The minimum absolute atomic E-state index is 0.0238. The lowest BCUT2D eigenvalue weighted by molar-refractivity contribution is -0.373. The second-order valence-corrected chi connectivity index (χ2v) is 18.4. The first-order chi connectivity index (χ1) is 30.1. The van der Waals surface area contributed by atoms with Crippen LogP contribution in [0.1, 0.15) is 75.7 Å². The van der Waals surface area contributed by atoms with Gasteiger partial charge < -0.3 is 52.5 Å². The number of carboxylic acid groups (broad SMARTS) is 1. The molecule has 0 spiro atoms. The molecular weight excluding hydrogens is 875 g/mol. The van der Waals surface area contributed by atoms with Crippen LogP contribution in [0.4, 0.5) is 0 Å². The lowest BCUT2D eigenvalue weighted by Crippen LogP contribution is -2.62. The quantitative estimate of drug-likeness (QED) is 0.0681. The molecule has 8 unspecified atom stereocenters. The maximum Gasteiger partial charge on any atom is 0.397 e. The van der Waals surface area contributed by atoms with Gasteiger partial charge in [-0.1, -0.05) is 56.9 Å². The third-order valence-corrected chi connectivity index (χ3v) is 13.9. The van der Waals surface area contributed by atoms with Gasteiger partial charge in [-0.15, -0.1) is 0 Å². The van der Waals surface area contributed by atoms with Gasteiger partial charge in [0, 0.05) is 26.6 Å². The van der Waals surface area contributed by atoms with Crippen molar-refractivity contribution in [2.75, 3.05) is 0 Å². The molecule has 360 valence electrons. The molecule has 5 rings (SSSR count). The molecule has 5 aliphatic rings. The third kappa shape index (κ3) is 11.5. The summed E-state index contributed by atoms with van der Waals surface area (Å²) in [6, 6.07) is -2.58. The summed E-state index contributed by atoms with van der Waals surface area (Å²) in [5.74, 6) is -4.09. The SMILES string of the molecule is CC1O[C@H](O[C@@H]2C(OC=O)O[C@@H](O[C@@H]3C(C)O[C@H](C)C(N=[N+]=[N-])[C@H]3C)C(OS(=O)(=O)O)[C@H]2C)C(N=[N+]=[N-])C[C@@H]1O[C@@H]1O[C@@H](C(=O)O)[C@@H](O[C@H]2O[C@@H](C)[C@@H](C)[C@H](C)C2N=[N+]=[N-])[C@H](C)C1C. The molecule has 5 aliphatic heterocycles. The van der Waals surface area contributed by atoms with E-state index in [0.717, 1.165) is 0 Å². The Morgan fingerprint density at radius 3 is 1.81 bits per heavy atom. The van der Waals surface area contributed by atoms with Crippen molar-refractivity contribution in [1.82, 2.24) is 0 Å². The van der Waals surface area contributed by atoms with Gasteiger partial charge in [0.05, 0.1) is 54.7 Å². The maximum atomic E-state index is 12.7. The summed E-state index contributed by atoms with van der Waals surface area (Å²) >= 11 is 0. The van der Waals surface area contributed by atoms with Gasteiger partial charge in [0.15, 0.2) is 31.3 Å². The Bertz CT molecular complexity index is 1890. The highest BCUT2D eigenvalue weighted by molar-refractivity contribution is 7.80. The average molecular weight is 934 g/mol. The number of ether oxygens (including phenoxy) is 10. The molecule has 0 aromatic carbocycles. The van der Waals surface area contributed by atoms with Crippen molar-refractivity contribution < 1.29 is 79.2 Å². The van der Waals surface area contributed by atoms with Gasteiger partial charge in [-0.3, -0.25) is 9.35 Å². The molecule has 26 nitrogen and oxygen atoms in total. The Balaban J connectivity index is 1.33. The summed E-state index contributed by atoms with van der Waals surface area (Å²) in [7, 11) is -5.18. The van der Waals surface area contributed by atoms with Gasteiger partial charge >= 0.3 is 16.4 Å². The van der Waals surface area contributed by atoms with Crippen LogP contribution in [0.3, 0.4) is 0 Å². The predicted octanol–water partition coefficient (Wildman–Crippen LogP) is 4.92. The Morgan fingerprint density at radius 2 is 1.20 bits per heavy atom. The number of hydrogen-bond acceptors (Lipinski definition) is 18. The van der Waals surface area contributed by atoms with Crippen LogP contribution in [0.2, 0.25) is 0 Å². The molecule has 5 heterocycles. The van der Waals surface area contributed by atoms with Crippen LogP contribution in [0, 0.1) is 35.5 Å². The molecule has 0 amide bonds. The lowest BCUT2D eigenvalue weighted by atomic mass is 9.82. The molecule has 2 N–H and O–H groups in total. The van der Waals surface area contributed by atoms with Crippen molar-refractivity contribution in [1.29, 1.82) is 0 Å². The van der Waals surface area contributed by atoms with Gasteiger partial charge in [0.25, 0.3) is 6.47 Å². The van der Waals surface area contributed by atoms with E-state index in [4.69, 9.17) is 57.1 Å². The normalized spacial score (nSPS) is 46.3. The number of carbonyl (C=O) groups is 2. The van der Waals surface area contributed by atoms with E-state index in [-0.39, 0.29) is 30.8 Å². The summed E-state index contributed by atoms with van der Waals surface area (Å²) in [6.07, 6.45) is -16.6. The minimum Gasteiger partial charge on any atom is -0.479 e. The molecule has 5 fully saturated rings. The first-order valence-electron chi connectivity index (χ1n) is 21.1. The standard InChI is InChI=1S/C37H59N9O17S/c1-13-14(2)26(43-46-40)35(55-19(13)7)59-28-15(3)16(4)33(61-31(28)32(48)49)57-24-11-23(41-44-38)34(56-20(24)8)60-29-18(6)30(63-64(50,51)52)37(62-36(29)53-12-47)58-27-17(5)25(42-45-39)21(9)54-22(27)10/h12-31,33-37H,11H2,1-10H3,(H,48,49)(H,50,51,52)/t13-,14-,15+,16?,17+,18-,19-,20?,21+,22?,23?,24-,25?,26?,27-,28-,29-,30?,31+,33+,34+,35+,36?,37+/m0/s1. The fourth-order valence-corrected chi connectivity index (χ4v) is 9.77. The second kappa shape index (κ2) is 21.8. The van der Waals surface area contributed by atoms with Gasteiger partial charge in [-0.2, -0.15) is 8.42 Å². The van der Waals surface area contributed by atoms with E-state index < -0.39 is 145 Å². The average Bonchev–Trinajstić information content (AvgIpc) is 3.22. The molecule has 0 aromatic rings. The number of carboxylic acids is 1. The Morgan fingerprint density at radius 1 is 0.594 bits per heavy atom. The van der Waals surface area contributed by atoms with Crippen LogP contribution in [0.25, 0.3) is 31.3 Å². The van der Waals surface area contributed by atoms with Crippen LogP contribution in [-0.2, 0) is 71.5 Å². The van der Waals surface area contributed by atoms with E-state index >= 15 is 0 Å². The predicted molar refractivity (Wildman–Crippen MR) is 215 cm³/mol. The number of nitrogens with zero attached hydrogens (tertiary/aromatic N) is 9. The zero-order chi connectivity index (χ0) is 47.4. The molecule has 0 aromatic heterocycles. The van der Waals surface area contributed by atoms with E-state index in [0.29, 0.717) is 0 Å². The molecule has 0 aliphatic carbocycles. The molecule has 0 radical (unpaired) electrons. The number of carbonyl (C=O) groups excluding carboxylic acids is 1. The highest BCUT2D eigenvalue weighted by Crippen LogP contribution is 2.42. The number of rotatable bonds is 16. The first-order valence-corrected chi connectivity index (χ1v) is 22.5. The van der Waals surface area contributed by atoms with E-state index in [1.807, 2.05) is 20.8 Å². The van der Waals surface area contributed by atoms with Crippen molar-refractivity contribution in [3.05, 3.63) is 31.3 Å². The maximum absolute atomic E-state index is 12.7. The van der Waals surface area contributed by atoms with Crippen LogP contribution in [-0.4, -0.2) is 141 Å². The fraction of sp³-hybridized carbons (Fsp3) is 0.946. The topological polar surface area (TPSA) is 357 Å². The molecule has 0 bridgehead atoms. The van der Waals surface area contributed by atoms with Crippen molar-refractivity contribution in [3.8, 4) is 0 Å². The molecule has 5 saturated heterocycles. The highest BCUT2D eigenvalue weighted by atomic mass is 32.3. The van der Waals surface area contributed by atoms with Crippen LogP contribution in [0.15, 0.2) is 15.3 Å². The highest BCUT2D eigenvalue weighted by Gasteiger charge is 2.55. The van der Waals surface area contributed by atoms with Crippen molar-refractivity contribution in [2.45, 2.75) is 186 Å². The molecule has 64 heavy (non-hydrogen) atoms. The fourth-order valence-electron chi connectivity index (χ4n) is 9.22. The number of azide groups is 3. The molecular formula is C37H59N9O17S. The number of hydrogen-bond donors (Lipinski definition) is 2. The molecule has 24 atom stereocenters. The van der Waals surface area contributed by atoms with Gasteiger partial charge in [0.2, 0.25) is 6.29 Å². The number of aliphatic carboxylic acids is 1. The molecule has 27 heteroatoms. The first kappa shape index (κ1) is 51.4. The van der Waals surface area contributed by atoms with Crippen molar-refractivity contribution >= 4 is 22.8 Å². The van der Waals surface area contributed by atoms with E-state index in [9.17, 15) is 38.7 Å². The summed E-state index contributed by atoms with van der Waals surface area (Å²) in [6.45, 7) is 17.6. The Kier molecular flexibility index (Phi) is 17.5. The van der Waals surface area contributed by atoms with Crippen molar-refractivity contribution in [3.63, 3.8) is 0 Å². The van der Waals surface area contributed by atoms with Gasteiger partial charge in [-0.05, 0) is 74.4 Å². The third-order valence-electron chi connectivity index (χ3n) is 13.4. The van der Waals surface area contributed by atoms with E-state index in [1.165, 1.54) is 6.92 Å². The molecule has 0 saturated carbocycles. The van der Waals surface area contributed by atoms with Gasteiger partial charge in [-0.25, -0.2) is 8.98 Å². The zero-order valence-corrected chi connectivity index (χ0v) is 37.9. The van der Waals surface area contributed by atoms with Crippen LogP contribution in [0.5, 0.6) is 0 Å². The lowest BCUT2D eigenvalue weighted by Gasteiger charge is -2.49. The van der Waals surface area contributed by atoms with Crippen molar-refractivity contribution in [2.24, 2.45) is 50.9 Å². The second-order valence-electron chi connectivity index (χ2n) is 17.4. The van der Waals surface area contributed by atoms with Crippen LogP contribution >= 0.6 is 0 Å². The minimum atomic E-state index is -5.18. The summed E-state index contributed by atoms with van der Waals surface area (Å²) < 4.78 is 100. The summed E-state index contributed by atoms with van der Waals surface area (Å²) in [5, 5.41) is 22.0. The Labute approximate surface area is 369 Å². The monoisotopic (exact) mass is 933 g/mol. The summed E-state index contributed by atoms with van der Waals surface area (Å²) in [5.41, 5.74) is 28.1. The smallest absolute Gasteiger partial charge is 0.397 e. The largest absolute Gasteiger partial charge is 0.479 e. The zero-order valence-electron chi connectivity index (χ0n) is 37.1. The van der Waals surface area contributed by atoms with Crippen LogP contribution < -0.4 is 0 Å². The van der Waals surface area contributed by atoms with E-state index in [1.54, 1.807) is 41.5 Å². The van der Waals surface area contributed by atoms with Gasteiger partial charge in [0.1, 0.15) is 18.3 Å².